The Morgan fingerprint density at radius 2 is 1.72 bits per heavy atom. The Morgan fingerprint density at radius 1 is 1.08 bits per heavy atom. The van der Waals surface area contributed by atoms with Crippen LogP contribution in [0.5, 0.6) is 0 Å². The molecule has 0 aromatic heterocycles. The van der Waals surface area contributed by atoms with Gasteiger partial charge in [-0.2, -0.15) is 0 Å². The maximum atomic E-state index is 12.8. The van der Waals surface area contributed by atoms with Crippen LogP contribution in [0.3, 0.4) is 0 Å². The van der Waals surface area contributed by atoms with Gasteiger partial charge in [-0.25, -0.2) is 4.79 Å². The lowest BCUT2D eigenvalue weighted by Gasteiger charge is -2.60. The summed E-state index contributed by atoms with van der Waals surface area (Å²) in [6.07, 6.45) is 6.46. The third-order valence-corrected chi connectivity index (χ3v) is 5.79. The first-order valence-corrected chi connectivity index (χ1v) is 9.68. The van der Waals surface area contributed by atoms with Gasteiger partial charge in [0.05, 0.1) is 17.6 Å². The Kier molecular flexibility index (Phi) is 4.91. The third-order valence-electron chi connectivity index (χ3n) is 5.79. The molecule has 5 heteroatoms. The van der Waals surface area contributed by atoms with Crippen molar-refractivity contribution in [2.75, 3.05) is 13.2 Å². The van der Waals surface area contributed by atoms with E-state index >= 15 is 0 Å². The molecule has 0 radical (unpaired) electrons. The minimum atomic E-state index is -0.507. The van der Waals surface area contributed by atoms with Gasteiger partial charge in [0.2, 0.25) is 0 Å². The number of hydrogen-bond donors (Lipinski definition) is 0. The molecule has 2 unspecified atom stereocenters. The first kappa shape index (κ1) is 18.7. The summed E-state index contributed by atoms with van der Waals surface area (Å²) in [6.45, 7) is 8.04. The third kappa shape index (κ3) is 4.02. The molecule has 0 N–H and O–H groups in total. The van der Waals surface area contributed by atoms with E-state index in [1.165, 1.54) is 6.42 Å². The van der Waals surface area contributed by atoms with Crippen molar-refractivity contribution in [3.63, 3.8) is 0 Å². The normalized spacial score (nSPS) is 36.3. The molecule has 4 bridgehead atoms. The molecule has 0 heterocycles. The molecular formula is C20H32O5. The average Bonchev–Trinajstić information content (AvgIpc) is 2.48. The molecule has 142 valence electrons. The van der Waals surface area contributed by atoms with Crippen LogP contribution in [0.2, 0.25) is 0 Å². The van der Waals surface area contributed by atoms with Crippen LogP contribution < -0.4 is 0 Å². The molecule has 0 aromatic rings. The molecule has 5 nitrogen and oxygen atoms in total. The van der Waals surface area contributed by atoms with E-state index in [2.05, 4.69) is 0 Å². The SMILES string of the molecule is CCCOC(=O)C12CC3CC(CC(OCC(=O)OC(C)(C)C)(C3)C1)C2. The van der Waals surface area contributed by atoms with E-state index in [4.69, 9.17) is 14.2 Å². The minimum absolute atomic E-state index is 0.0310. The van der Waals surface area contributed by atoms with Crippen LogP contribution in [-0.2, 0) is 23.8 Å². The first-order chi connectivity index (χ1) is 11.7. The Bertz CT molecular complexity index is 519. The summed E-state index contributed by atoms with van der Waals surface area (Å²) in [4.78, 5) is 24.8. The largest absolute Gasteiger partial charge is 0.465 e. The first-order valence-electron chi connectivity index (χ1n) is 9.68. The van der Waals surface area contributed by atoms with Crippen LogP contribution in [0.25, 0.3) is 0 Å². The van der Waals surface area contributed by atoms with E-state index in [-0.39, 0.29) is 24.1 Å². The van der Waals surface area contributed by atoms with Crippen LogP contribution >= 0.6 is 0 Å². The zero-order valence-corrected chi connectivity index (χ0v) is 16.1. The lowest BCUT2D eigenvalue weighted by Crippen LogP contribution is -2.60. The van der Waals surface area contributed by atoms with Crippen molar-refractivity contribution in [3.05, 3.63) is 0 Å². The number of carbonyl (C=O) groups is 2. The highest BCUT2D eigenvalue weighted by atomic mass is 16.6. The van der Waals surface area contributed by atoms with Crippen LogP contribution in [-0.4, -0.2) is 36.4 Å². The fraction of sp³-hybridized carbons (Fsp3) is 0.900. The molecule has 0 aliphatic heterocycles. The molecule has 4 aliphatic carbocycles. The van der Waals surface area contributed by atoms with Gasteiger partial charge in [-0.3, -0.25) is 4.79 Å². The van der Waals surface area contributed by atoms with Gasteiger partial charge in [0, 0.05) is 0 Å². The Morgan fingerprint density at radius 3 is 2.28 bits per heavy atom. The van der Waals surface area contributed by atoms with Gasteiger partial charge in [0.15, 0.2) is 0 Å². The summed E-state index contributed by atoms with van der Waals surface area (Å²) in [5.74, 6) is 0.641. The standard InChI is InChI=1S/C20H32O5/c1-5-6-23-17(22)19-8-14-7-15(9-19)11-20(10-14,13-19)24-12-16(21)25-18(2,3)4/h14-15H,5-13H2,1-4H3. The Balaban J connectivity index is 1.68. The number of carbonyl (C=O) groups excluding carboxylic acids is 2. The van der Waals surface area contributed by atoms with Crippen molar-refractivity contribution in [1.29, 1.82) is 0 Å². The molecular weight excluding hydrogens is 320 g/mol. The van der Waals surface area contributed by atoms with Crippen molar-refractivity contribution in [1.82, 2.24) is 0 Å². The van der Waals surface area contributed by atoms with Gasteiger partial charge < -0.3 is 14.2 Å². The topological polar surface area (TPSA) is 61.8 Å². The second-order valence-corrected chi connectivity index (χ2v) is 9.44. The molecule has 4 saturated carbocycles. The van der Waals surface area contributed by atoms with Crippen LogP contribution in [0.1, 0.15) is 72.6 Å². The smallest absolute Gasteiger partial charge is 0.332 e. The summed E-state index contributed by atoms with van der Waals surface area (Å²) in [6, 6.07) is 0. The van der Waals surface area contributed by atoms with E-state index in [9.17, 15) is 9.59 Å². The van der Waals surface area contributed by atoms with Gasteiger partial charge in [-0.15, -0.1) is 0 Å². The highest BCUT2D eigenvalue weighted by Crippen LogP contribution is 2.63. The van der Waals surface area contributed by atoms with E-state index < -0.39 is 11.0 Å². The highest BCUT2D eigenvalue weighted by molar-refractivity contribution is 5.78. The molecule has 0 aromatic carbocycles. The second kappa shape index (κ2) is 6.57. The lowest BCUT2D eigenvalue weighted by atomic mass is 9.48. The lowest BCUT2D eigenvalue weighted by molar-refractivity contribution is -0.215. The van der Waals surface area contributed by atoms with E-state index in [0.29, 0.717) is 24.9 Å². The number of hydrogen-bond acceptors (Lipinski definition) is 5. The van der Waals surface area contributed by atoms with E-state index in [0.717, 1.165) is 32.1 Å². The van der Waals surface area contributed by atoms with Crippen molar-refractivity contribution < 1.29 is 23.8 Å². The molecule has 25 heavy (non-hydrogen) atoms. The predicted octanol–water partition coefficient (Wildman–Crippen LogP) is 3.64. The maximum Gasteiger partial charge on any atom is 0.332 e. The minimum Gasteiger partial charge on any atom is -0.465 e. The molecule has 2 atom stereocenters. The van der Waals surface area contributed by atoms with E-state index in [1.54, 1.807) is 0 Å². The summed E-state index contributed by atoms with van der Waals surface area (Å²) in [5.41, 5.74) is -1.26. The quantitative estimate of drug-likeness (QED) is 0.683. The highest BCUT2D eigenvalue weighted by Gasteiger charge is 2.62. The Hall–Kier alpha value is -1.10. The van der Waals surface area contributed by atoms with Crippen LogP contribution in [0.15, 0.2) is 0 Å². The monoisotopic (exact) mass is 352 g/mol. The van der Waals surface area contributed by atoms with Crippen molar-refractivity contribution in [2.24, 2.45) is 17.3 Å². The molecule has 4 fully saturated rings. The molecule has 0 amide bonds. The summed E-state index contributed by atoms with van der Waals surface area (Å²) < 4.78 is 17.0. The number of ether oxygens (including phenoxy) is 3. The van der Waals surface area contributed by atoms with Gasteiger partial charge in [-0.1, -0.05) is 6.92 Å². The summed E-state index contributed by atoms with van der Waals surface area (Å²) in [7, 11) is 0. The van der Waals surface area contributed by atoms with Crippen LogP contribution in [0, 0.1) is 17.3 Å². The van der Waals surface area contributed by atoms with Gasteiger partial charge in [0.1, 0.15) is 12.2 Å². The van der Waals surface area contributed by atoms with Crippen molar-refractivity contribution in [3.8, 4) is 0 Å². The molecule has 4 rings (SSSR count). The van der Waals surface area contributed by atoms with Gasteiger partial charge in [-0.05, 0) is 77.6 Å². The fourth-order valence-electron chi connectivity index (χ4n) is 5.52. The number of rotatable bonds is 6. The number of esters is 2. The van der Waals surface area contributed by atoms with Gasteiger partial charge in [0.25, 0.3) is 0 Å². The Labute approximate surface area is 150 Å². The fourth-order valence-corrected chi connectivity index (χ4v) is 5.52. The zero-order valence-electron chi connectivity index (χ0n) is 16.1. The molecule has 4 aliphatic rings. The predicted molar refractivity (Wildman–Crippen MR) is 92.9 cm³/mol. The van der Waals surface area contributed by atoms with Gasteiger partial charge >= 0.3 is 11.9 Å². The van der Waals surface area contributed by atoms with Crippen molar-refractivity contribution >= 4 is 11.9 Å². The molecule has 0 spiro atoms. The summed E-state index contributed by atoms with van der Waals surface area (Å²) in [5, 5.41) is 0. The average molecular weight is 352 g/mol. The summed E-state index contributed by atoms with van der Waals surface area (Å²) >= 11 is 0. The second-order valence-electron chi connectivity index (χ2n) is 9.44. The zero-order chi connectivity index (χ0) is 18.3. The van der Waals surface area contributed by atoms with Crippen LogP contribution in [0.4, 0.5) is 0 Å². The van der Waals surface area contributed by atoms with Crippen molar-refractivity contribution in [2.45, 2.75) is 83.8 Å². The molecule has 0 saturated heterocycles. The van der Waals surface area contributed by atoms with E-state index in [1.807, 2.05) is 27.7 Å². The maximum absolute atomic E-state index is 12.8.